The molecule has 1 heterocycles. The van der Waals surface area contributed by atoms with Crippen molar-refractivity contribution >= 4 is 17.3 Å². The molecule has 0 radical (unpaired) electrons. The van der Waals surface area contributed by atoms with Crippen LogP contribution >= 0.6 is 11.6 Å². The van der Waals surface area contributed by atoms with Crippen molar-refractivity contribution in [2.24, 2.45) is 0 Å². The second-order valence-corrected chi connectivity index (χ2v) is 4.89. The first-order chi connectivity index (χ1) is 8.81. The summed E-state index contributed by atoms with van der Waals surface area (Å²) in [5.41, 5.74) is 2.27. The Morgan fingerprint density at radius 2 is 2.06 bits per heavy atom. The van der Waals surface area contributed by atoms with E-state index in [-0.39, 0.29) is 6.10 Å². The monoisotopic (exact) mass is 259 g/mol. The number of anilines is 1. The Morgan fingerprint density at radius 3 is 2.94 bits per heavy atom. The topological polar surface area (TPSA) is 21.3 Å². The number of rotatable bonds is 2. The van der Waals surface area contributed by atoms with Crippen molar-refractivity contribution in [3.05, 3.63) is 59.1 Å². The molecule has 3 heteroatoms. The van der Waals surface area contributed by atoms with Gasteiger partial charge in [0.2, 0.25) is 0 Å². The van der Waals surface area contributed by atoms with E-state index in [1.54, 1.807) is 0 Å². The predicted octanol–water partition coefficient (Wildman–Crippen LogP) is 3.76. The highest BCUT2D eigenvalue weighted by Crippen LogP contribution is 2.29. The van der Waals surface area contributed by atoms with Gasteiger partial charge in [-0.2, -0.15) is 0 Å². The average Bonchev–Trinajstić information content (AvgIpc) is 2.39. The second kappa shape index (κ2) is 4.91. The first-order valence-electron chi connectivity index (χ1n) is 6.05. The highest BCUT2D eigenvalue weighted by molar-refractivity contribution is 6.30. The largest absolute Gasteiger partial charge is 0.486 e. The fourth-order valence-electron chi connectivity index (χ4n) is 2.20. The molecule has 0 aliphatic carbocycles. The van der Waals surface area contributed by atoms with E-state index in [0.717, 1.165) is 29.4 Å². The van der Waals surface area contributed by atoms with E-state index in [9.17, 15) is 0 Å². The third kappa shape index (κ3) is 2.44. The van der Waals surface area contributed by atoms with Gasteiger partial charge >= 0.3 is 0 Å². The van der Waals surface area contributed by atoms with Crippen molar-refractivity contribution in [3.63, 3.8) is 0 Å². The number of fused-ring (bicyclic) bond motifs is 1. The van der Waals surface area contributed by atoms with Crippen LogP contribution in [0.5, 0.6) is 5.75 Å². The Bertz CT molecular complexity index is 556. The van der Waals surface area contributed by atoms with Gasteiger partial charge in [-0.15, -0.1) is 0 Å². The summed E-state index contributed by atoms with van der Waals surface area (Å²) < 4.78 is 5.97. The molecule has 1 N–H and O–H groups in total. The molecule has 0 aromatic heterocycles. The molecule has 1 aliphatic rings. The standard InChI is InChI=1S/C15H14ClNO/c16-12-5-3-4-11(8-12)9-13-10-17-14-6-1-2-7-15(14)18-13/h1-8,13,17H,9-10H2. The van der Waals surface area contributed by atoms with Gasteiger partial charge in [0, 0.05) is 11.4 Å². The van der Waals surface area contributed by atoms with E-state index in [0.29, 0.717) is 0 Å². The molecule has 1 aliphatic heterocycles. The minimum absolute atomic E-state index is 0.151. The van der Waals surface area contributed by atoms with Crippen molar-refractivity contribution < 1.29 is 4.74 Å². The third-order valence-electron chi connectivity index (χ3n) is 3.05. The van der Waals surface area contributed by atoms with Crippen LogP contribution in [0.1, 0.15) is 5.56 Å². The Morgan fingerprint density at radius 1 is 1.17 bits per heavy atom. The molecule has 18 heavy (non-hydrogen) atoms. The lowest BCUT2D eigenvalue weighted by atomic mass is 10.1. The minimum Gasteiger partial charge on any atom is -0.486 e. The molecule has 1 unspecified atom stereocenters. The summed E-state index contributed by atoms with van der Waals surface area (Å²) >= 11 is 5.99. The molecule has 2 nitrogen and oxygen atoms in total. The van der Waals surface area contributed by atoms with Crippen LogP contribution in [0.15, 0.2) is 48.5 Å². The lowest BCUT2D eigenvalue weighted by molar-refractivity contribution is 0.206. The summed E-state index contributed by atoms with van der Waals surface area (Å²) in [6.45, 7) is 0.823. The van der Waals surface area contributed by atoms with E-state index < -0.39 is 0 Å². The van der Waals surface area contributed by atoms with Crippen molar-refractivity contribution in [2.45, 2.75) is 12.5 Å². The van der Waals surface area contributed by atoms with Gasteiger partial charge in [-0.3, -0.25) is 0 Å². The second-order valence-electron chi connectivity index (χ2n) is 4.45. The maximum atomic E-state index is 5.99. The molecule has 0 fully saturated rings. The van der Waals surface area contributed by atoms with Crippen LogP contribution < -0.4 is 10.1 Å². The van der Waals surface area contributed by atoms with Crippen molar-refractivity contribution in [1.82, 2.24) is 0 Å². The van der Waals surface area contributed by atoms with Crippen LogP contribution in [0.2, 0.25) is 5.02 Å². The number of hydrogen-bond acceptors (Lipinski definition) is 2. The van der Waals surface area contributed by atoms with Crippen LogP contribution in [-0.2, 0) is 6.42 Å². The lowest BCUT2D eigenvalue weighted by Gasteiger charge is -2.27. The number of nitrogens with one attached hydrogen (secondary N) is 1. The van der Waals surface area contributed by atoms with Gasteiger partial charge in [0.05, 0.1) is 12.2 Å². The summed E-state index contributed by atoms with van der Waals surface area (Å²) in [4.78, 5) is 0. The average molecular weight is 260 g/mol. The van der Waals surface area contributed by atoms with Crippen molar-refractivity contribution in [2.75, 3.05) is 11.9 Å². The normalized spacial score (nSPS) is 17.5. The molecular formula is C15H14ClNO. The number of benzene rings is 2. The third-order valence-corrected chi connectivity index (χ3v) is 3.29. The van der Waals surface area contributed by atoms with Gasteiger partial charge in [-0.25, -0.2) is 0 Å². The van der Waals surface area contributed by atoms with Gasteiger partial charge in [-0.05, 0) is 29.8 Å². The Labute approximate surface area is 112 Å². The number of hydrogen-bond donors (Lipinski definition) is 1. The summed E-state index contributed by atoms with van der Waals surface area (Å²) in [5, 5.41) is 4.16. The maximum absolute atomic E-state index is 5.99. The molecule has 3 rings (SSSR count). The molecule has 0 bridgehead atoms. The fourth-order valence-corrected chi connectivity index (χ4v) is 2.41. The van der Waals surface area contributed by atoms with E-state index in [1.165, 1.54) is 5.56 Å². The van der Waals surface area contributed by atoms with Crippen LogP contribution in [0.3, 0.4) is 0 Å². The summed E-state index contributed by atoms with van der Waals surface area (Å²) in [7, 11) is 0. The van der Waals surface area contributed by atoms with E-state index in [2.05, 4.69) is 11.4 Å². The number of ether oxygens (including phenoxy) is 1. The Kier molecular flexibility index (Phi) is 3.11. The summed E-state index contributed by atoms with van der Waals surface area (Å²) in [6, 6.07) is 16.0. The van der Waals surface area contributed by atoms with Crippen LogP contribution in [0, 0.1) is 0 Å². The van der Waals surface area contributed by atoms with Crippen LogP contribution in [0.25, 0.3) is 0 Å². The molecule has 0 spiro atoms. The predicted molar refractivity (Wildman–Crippen MR) is 74.5 cm³/mol. The molecule has 1 atom stereocenters. The molecular weight excluding hydrogens is 246 g/mol. The zero-order chi connectivity index (χ0) is 12.4. The molecule has 2 aromatic carbocycles. The molecule has 0 saturated carbocycles. The quantitative estimate of drug-likeness (QED) is 0.887. The number of halogens is 1. The van der Waals surface area contributed by atoms with Crippen molar-refractivity contribution in [3.8, 4) is 5.75 Å². The van der Waals surface area contributed by atoms with E-state index in [1.807, 2.05) is 42.5 Å². The maximum Gasteiger partial charge on any atom is 0.142 e. The highest BCUT2D eigenvalue weighted by Gasteiger charge is 2.18. The van der Waals surface area contributed by atoms with Crippen molar-refractivity contribution in [1.29, 1.82) is 0 Å². The molecule has 2 aromatic rings. The molecule has 0 saturated heterocycles. The molecule has 0 amide bonds. The molecule has 92 valence electrons. The fraction of sp³-hybridized carbons (Fsp3) is 0.200. The zero-order valence-electron chi connectivity index (χ0n) is 9.90. The number of para-hydroxylation sites is 2. The SMILES string of the molecule is Clc1cccc(CC2CNc3ccccc3O2)c1. The van der Waals surface area contributed by atoms with Gasteiger partial charge in [0.1, 0.15) is 11.9 Å². The first kappa shape index (κ1) is 11.4. The Balaban J connectivity index is 1.73. The zero-order valence-corrected chi connectivity index (χ0v) is 10.7. The Hall–Kier alpha value is -1.67. The first-order valence-corrected chi connectivity index (χ1v) is 6.43. The van der Waals surface area contributed by atoms with Gasteiger partial charge in [-0.1, -0.05) is 35.9 Å². The lowest BCUT2D eigenvalue weighted by Crippen LogP contribution is -2.32. The van der Waals surface area contributed by atoms with Gasteiger partial charge in [0.15, 0.2) is 0 Å². The van der Waals surface area contributed by atoms with Gasteiger partial charge < -0.3 is 10.1 Å². The smallest absolute Gasteiger partial charge is 0.142 e. The summed E-state index contributed by atoms with van der Waals surface area (Å²) in [6.07, 6.45) is 1.01. The minimum atomic E-state index is 0.151. The highest BCUT2D eigenvalue weighted by atomic mass is 35.5. The van der Waals surface area contributed by atoms with E-state index >= 15 is 0 Å². The van der Waals surface area contributed by atoms with E-state index in [4.69, 9.17) is 16.3 Å². The summed E-state index contributed by atoms with van der Waals surface area (Å²) in [5.74, 6) is 0.927. The van der Waals surface area contributed by atoms with Crippen LogP contribution in [-0.4, -0.2) is 12.6 Å². The van der Waals surface area contributed by atoms with Crippen LogP contribution in [0.4, 0.5) is 5.69 Å². The van der Waals surface area contributed by atoms with Gasteiger partial charge in [0.25, 0.3) is 0 Å².